The third kappa shape index (κ3) is 5.53. The van der Waals surface area contributed by atoms with E-state index < -0.39 is 20.9 Å². The van der Waals surface area contributed by atoms with Crippen LogP contribution >= 0.6 is 12.2 Å². The van der Waals surface area contributed by atoms with Gasteiger partial charge in [-0.3, -0.25) is 24.5 Å². The molecule has 0 fully saturated rings. The highest BCUT2D eigenvalue weighted by molar-refractivity contribution is 7.92. The van der Waals surface area contributed by atoms with Crippen LogP contribution in [0.4, 0.5) is 17.1 Å². The SMILES string of the molecule is O=C(/C=C/c1cccc([N+](=O)[O-])c1)NC(=S)Nc1ccc(S(=O)(=O)N2CCc3ccccc32)cc1. The van der Waals surface area contributed by atoms with Gasteiger partial charge < -0.3 is 5.32 Å². The number of sulfonamides is 1. The number of fused-ring (bicyclic) bond motifs is 1. The first-order valence-electron chi connectivity index (χ1n) is 10.5. The number of nitro benzene ring substituents is 1. The Morgan fingerprint density at radius 2 is 1.80 bits per heavy atom. The first kappa shape index (κ1) is 24.0. The van der Waals surface area contributed by atoms with Crippen molar-refractivity contribution in [2.24, 2.45) is 0 Å². The Morgan fingerprint density at radius 3 is 2.54 bits per heavy atom. The Kier molecular flexibility index (Phi) is 6.90. The van der Waals surface area contributed by atoms with Crippen molar-refractivity contribution in [3.8, 4) is 0 Å². The second-order valence-corrected chi connectivity index (χ2v) is 9.88. The van der Waals surface area contributed by atoms with Crippen LogP contribution in [0.5, 0.6) is 0 Å². The molecule has 0 unspecified atom stereocenters. The Balaban J connectivity index is 1.36. The molecule has 1 aliphatic rings. The van der Waals surface area contributed by atoms with Crippen molar-refractivity contribution >= 4 is 56.4 Å². The molecule has 0 atom stereocenters. The van der Waals surface area contributed by atoms with Gasteiger partial charge in [0, 0.05) is 30.4 Å². The summed E-state index contributed by atoms with van der Waals surface area (Å²) in [5.41, 5.74) is 2.60. The van der Waals surface area contributed by atoms with Gasteiger partial charge in [0.15, 0.2) is 5.11 Å². The molecule has 35 heavy (non-hydrogen) atoms. The van der Waals surface area contributed by atoms with E-state index in [9.17, 15) is 23.3 Å². The molecule has 178 valence electrons. The number of nitro groups is 1. The van der Waals surface area contributed by atoms with Gasteiger partial charge in [0.1, 0.15) is 0 Å². The quantitative estimate of drug-likeness (QED) is 0.224. The summed E-state index contributed by atoms with van der Waals surface area (Å²) in [6.07, 6.45) is 3.30. The number of hydrogen-bond donors (Lipinski definition) is 2. The molecule has 0 spiro atoms. The predicted octanol–water partition coefficient (Wildman–Crippen LogP) is 3.87. The largest absolute Gasteiger partial charge is 0.332 e. The zero-order valence-electron chi connectivity index (χ0n) is 18.2. The van der Waals surface area contributed by atoms with Crippen LogP contribution in [0, 0.1) is 10.1 Å². The van der Waals surface area contributed by atoms with E-state index in [1.54, 1.807) is 24.3 Å². The molecule has 0 radical (unpaired) electrons. The number of nitrogens with zero attached hydrogens (tertiary/aromatic N) is 2. The summed E-state index contributed by atoms with van der Waals surface area (Å²) in [5, 5.41) is 16.2. The van der Waals surface area contributed by atoms with E-state index in [-0.39, 0.29) is 15.7 Å². The lowest BCUT2D eigenvalue weighted by atomic mass is 10.2. The minimum atomic E-state index is -3.71. The Bertz CT molecular complexity index is 1440. The van der Waals surface area contributed by atoms with E-state index in [0.29, 0.717) is 29.9 Å². The van der Waals surface area contributed by atoms with Crippen LogP contribution in [-0.4, -0.2) is 30.9 Å². The number of thiocarbonyl (C=S) groups is 1. The minimum Gasteiger partial charge on any atom is -0.332 e. The van der Waals surface area contributed by atoms with Gasteiger partial charge in [-0.25, -0.2) is 8.42 Å². The Labute approximate surface area is 207 Å². The summed E-state index contributed by atoms with van der Waals surface area (Å²) in [6, 6.07) is 19.4. The smallest absolute Gasteiger partial charge is 0.270 e. The highest BCUT2D eigenvalue weighted by Gasteiger charge is 2.30. The molecule has 0 saturated carbocycles. The average molecular weight is 509 g/mol. The normalized spacial score (nSPS) is 12.9. The van der Waals surface area contributed by atoms with E-state index in [4.69, 9.17) is 12.2 Å². The molecule has 1 amide bonds. The van der Waals surface area contributed by atoms with Gasteiger partial charge in [0.25, 0.3) is 15.7 Å². The number of anilines is 2. The van der Waals surface area contributed by atoms with E-state index in [0.717, 1.165) is 5.56 Å². The third-order valence-corrected chi connectivity index (χ3v) is 7.32. The molecule has 0 aliphatic carbocycles. The molecule has 0 bridgehead atoms. The number of para-hydroxylation sites is 1. The molecule has 0 aromatic heterocycles. The van der Waals surface area contributed by atoms with Gasteiger partial charge in [0.2, 0.25) is 5.91 Å². The fourth-order valence-electron chi connectivity index (χ4n) is 3.62. The second kappa shape index (κ2) is 10.0. The highest BCUT2D eigenvalue weighted by atomic mass is 32.2. The first-order valence-corrected chi connectivity index (χ1v) is 12.3. The third-order valence-electron chi connectivity index (χ3n) is 5.29. The van der Waals surface area contributed by atoms with Crippen LogP contribution in [0.25, 0.3) is 6.08 Å². The number of nitrogens with one attached hydrogen (secondary N) is 2. The van der Waals surface area contributed by atoms with E-state index in [1.165, 1.54) is 46.8 Å². The summed E-state index contributed by atoms with van der Waals surface area (Å²) in [7, 11) is -3.71. The number of benzene rings is 3. The van der Waals surface area contributed by atoms with Crippen molar-refractivity contribution in [2.75, 3.05) is 16.2 Å². The number of non-ortho nitro benzene ring substituents is 1. The summed E-state index contributed by atoms with van der Waals surface area (Å²) in [6.45, 7) is 0.391. The van der Waals surface area contributed by atoms with Crippen LogP contribution in [0.1, 0.15) is 11.1 Å². The van der Waals surface area contributed by atoms with Crippen LogP contribution in [0.2, 0.25) is 0 Å². The lowest BCUT2D eigenvalue weighted by molar-refractivity contribution is -0.384. The van der Waals surface area contributed by atoms with Crippen molar-refractivity contribution in [1.82, 2.24) is 5.32 Å². The summed E-state index contributed by atoms with van der Waals surface area (Å²) in [4.78, 5) is 22.6. The molecule has 11 heteroatoms. The van der Waals surface area contributed by atoms with Gasteiger partial charge in [-0.2, -0.15) is 0 Å². The lowest BCUT2D eigenvalue weighted by Gasteiger charge is -2.19. The number of rotatable bonds is 6. The van der Waals surface area contributed by atoms with Gasteiger partial charge in [-0.05, 0) is 66.2 Å². The van der Waals surface area contributed by atoms with Gasteiger partial charge in [-0.1, -0.05) is 30.3 Å². The molecular weight excluding hydrogens is 488 g/mol. The maximum atomic E-state index is 13.1. The van der Waals surface area contributed by atoms with Crippen molar-refractivity contribution < 1.29 is 18.1 Å². The minimum absolute atomic E-state index is 0.0165. The highest BCUT2D eigenvalue weighted by Crippen LogP contribution is 2.32. The molecule has 2 N–H and O–H groups in total. The van der Waals surface area contributed by atoms with E-state index in [1.807, 2.05) is 18.2 Å². The summed E-state index contributed by atoms with van der Waals surface area (Å²) < 4.78 is 27.6. The average Bonchev–Trinajstić information content (AvgIpc) is 3.28. The first-order chi connectivity index (χ1) is 16.7. The lowest BCUT2D eigenvalue weighted by Crippen LogP contribution is -2.32. The molecule has 3 aromatic carbocycles. The van der Waals surface area contributed by atoms with E-state index >= 15 is 0 Å². The Morgan fingerprint density at radius 1 is 1.06 bits per heavy atom. The van der Waals surface area contributed by atoms with Gasteiger partial charge >= 0.3 is 0 Å². The molecule has 0 saturated heterocycles. The number of carbonyl (C=O) groups excluding carboxylic acids is 1. The predicted molar refractivity (Wildman–Crippen MR) is 138 cm³/mol. The van der Waals surface area contributed by atoms with Crippen LogP contribution < -0.4 is 14.9 Å². The topological polar surface area (TPSA) is 122 Å². The van der Waals surface area contributed by atoms with Crippen molar-refractivity contribution in [2.45, 2.75) is 11.3 Å². The van der Waals surface area contributed by atoms with Crippen molar-refractivity contribution in [3.63, 3.8) is 0 Å². The van der Waals surface area contributed by atoms with Crippen LogP contribution in [-0.2, 0) is 21.2 Å². The van der Waals surface area contributed by atoms with Crippen LogP contribution in [0.15, 0.2) is 83.8 Å². The fourth-order valence-corrected chi connectivity index (χ4v) is 5.35. The monoisotopic (exact) mass is 508 g/mol. The molecule has 9 nitrogen and oxygen atoms in total. The number of amides is 1. The molecule has 1 heterocycles. The molecule has 4 rings (SSSR count). The fraction of sp³-hybridized carbons (Fsp3) is 0.0833. The molecule has 1 aliphatic heterocycles. The standard InChI is InChI=1S/C24H20N4O5S2/c29-23(13-8-17-4-3-6-20(16-17)28(30)31)26-24(34)25-19-9-11-21(12-10-19)35(32,33)27-15-14-18-5-1-2-7-22(18)27/h1-13,16H,14-15H2,(H2,25,26,29,34)/b13-8+. The molecule has 3 aromatic rings. The van der Waals surface area contributed by atoms with E-state index in [2.05, 4.69) is 10.6 Å². The van der Waals surface area contributed by atoms with Crippen molar-refractivity contribution in [1.29, 1.82) is 0 Å². The maximum Gasteiger partial charge on any atom is 0.270 e. The van der Waals surface area contributed by atoms with Gasteiger partial charge in [-0.15, -0.1) is 0 Å². The maximum absolute atomic E-state index is 13.1. The summed E-state index contributed by atoms with van der Waals surface area (Å²) in [5.74, 6) is -0.527. The molecular formula is C24H20N4O5S2. The number of hydrogen-bond acceptors (Lipinski definition) is 6. The zero-order valence-corrected chi connectivity index (χ0v) is 19.9. The van der Waals surface area contributed by atoms with Crippen molar-refractivity contribution in [3.05, 3.63) is 100 Å². The number of carbonyl (C=O) groups is 1. The second-order valence-electron chi connectivity index (χ2n) is 7.61. The Hall–Kier alpha value is -4.09. The zero-order chi connectivity index (χ0) is 25.0. The van der Waals surface area contributed by atoms with Crippen LogP contribution in [0.3, 0.4) is 0 Å². The van der Waals surface area contributed by atoms with Gasteiger partial charge in [0.05, 0.1) is 15.5 Å². The summed E-state index contributed by atoms with van der Waals surface area (Å²) >= 11 is 5.14.